The van der Waals surface area contributed by atoms with Crippen molar-refractivity contribution in [2.24, 2.45) is 10.2 Å². The van der Waals surface area contributed by atoms with Crippen LogP contribution >= 0.6 is 0 Å². The molecule has 16 heavy (non-hydrogen) atoms. The van der Waals surface area contributed by atoms with Crippen LogP contribution < -0.4 is 0 Å². The number of aryl methyl sites for hydroxylation is 2. The zero-order valence-corrected chi connectivity index (χ0v) is 10.00. The summed E-state index contributed by atoms with van der Waals surface area (Å²) in [5.41, 5.74) is 6.09. The van der Waals surface area contributed by atoms with Crippen molar-refractivity contribution in [2.75, 3.05) is 6.54 Å². The first-order valence-corrected chi connectivity index (χ1v) is 5.34. The lowest BCUT2D eigenvalue weighted by Crippen LogP contribution is -1.89. The quantitative estimate of drug-likeness (QED) is 0.786. The molecule has 0 amide bonds. The molecule has 2 rings (SSSR count). The van der Waals surface area contributed by atoms with Crippen LogP contribution in [0.15, 0.2) is 10.2 Å². The number of nitrogens with zero attached hydrogens (tertiary/aromatic N) is 4. The third-order valence-electron chi connectivity index (χ3n) is 2.86. The predicted molar refractivity (Wildman–Crippen MR) is 63.2 cm³/mol. The van der Waals surface area contributed by atoms with Gasteiger partial charge in [-0.1, -0.05) is 5.21 Å². The fraction of sp³-hybridized carbons (Fsp3) is 0.455. The zero-order valence-electron chi connectivity index (χ0n) is 10.00. The van der Waals surface area contributed by atoms with Gasteiger partial charge in [0.2, 0.25) is 0 Å². The summed E-state index contributed by atoms with van der Waals surface area (Å²) in [7, 11) is 0. The average Bonchev–Trinajstić information content (AvgIpc) is 2.75. The summed E-state index contributed by atoms with van der Waals surface area (Å²) in [6.07, 6.45) is 0. The molecule has 0 aliphatic heterocycles. The second-order valence-electron chi connectivity index (χ2n) is 3.82. The minimum atomic E-state index is 0.689. The number of benzene rings is 1. The van der Waals surface area contributed by atoms with E-state index in [9.17, 15) is 0 Å². The molecule has 0 bridgehead atoms. The van der Waals surface area contributed by atoms with Crippen LogP contribution in [0, 0.1) is 20.8 Å². The van der Waals surface area contributed by atoms with Gasteiger partial charge in [-0.25, -0.2) is 0 Å². The van der Waals surface area contributed by atoms with Gasteiger partial charge in [0.15, 0.2) is 0 Å². The first-order valence-electron chi connectivity index (χ1n) is 5.34. The first kappa shape index (κ1) is 10.7. The standard InChI is InChI=1S/C11H15N5/c1-5-12-13-9-6(2)7(3)10-11(8(9)4)15-16-14-10/h5H2,1-4H3,(H,14,15,16)/b13-12+. The van der Waals surface area contributed by atoms with Crippen molar-refractivity contribution >= 4 is 16.7 Å². The van der Waals surface area contributed by atoms with Gasteiger partial charge in [0, 0.05) is 5.56 Å². The van der Waals surface area contributed by atoms with Gasteiger partial charge in [-0.15, -0.1) is 5.10 Å². The lowest BCUT2D eigenvalue weighted by atomic mass is 10.0. The minimum absolute atomic E-state index is 0.689. The van der Waals surface area contributed by atoms with Crippen molar-refractivity contribution < 1.29 is 0 Å². The molecule has 5 nitrogen and oxygen atoms in total. The molecule has 1 aromatic heterocycles. The smallest absolute Gasteiger partial charge is 0.118 e. The molecule has 0 aliphatic rings. The second-order valence-corrected chi connectivity index (χ2v) is 3.82. The van der Waals surface area contributed by atoms with Gasteiger partial charge in [0.05, 0.1) is 17.7 Å². The molecule has 0 fully saturated rings. The van der Waals surface area contributed by atoms with E-state index in [0.717, 1.165) is 33.4 Å². The Bertz CT molecular complexity index is 553. The lowest BCUT2D eigenvalue weighted by Gasteiger charge is -2.08. The van der Waals surface area contributed by atoms with E-state index in [0.29, 0.717) is 6.54 Å². The molecular weight excluding hydrogens is 202 g/mol. The third-order valence-corrected chi connectivity index (χ3v) is 2.86. The summed E-state index contributed by atoms with van der Waals surface area (Å²) in [6, 6.07) is 0. The fourth-order valence-corrected chi connectivity index (χ4v) is 1.80. The summed E-state index contributed by atoms with van der Waals surface area (Å²) >= 11 is 0. The van der Waals surface area contributed by atoms with Crippen molar-refractivity contribution in [2.45, 2.75) is 27.7 Å². The molecule has 84 valence electrons. The molecule has 0 aliphatic carbocycles. The van der Waals surface area contributed by atoms with Crippen molar-refractivity contribution in [3.63, 3.8) is 0 Å². The SMILES string of the molecule is CC/N=N/c1c(C)c(C)c2[nH]nnc2c1C. The van der Waals surface area contributed by atoms with E-state index < -0.39 is 0 Å². The molecule has 0 unspecified atom stereocenters. The van der Waals surface area contributed by atoms with E-state index in [-0.39, 0.29) is 0 Å². The van der Waals surface area contributed by atoms with E-state index in [1.807, 2.05) is 27.7 Å². The molecule has 2 aromatic rings. The molecule has 1 aromatic carbocycles. The predicted octanol–water partition coefficient (Wildman–Crippen LogP) is 2.99. The Labute approximate surface area is 94.0 Å². The van der Waals surface area contributed by atoms with E-state index in [1.54, 1.807) is 0 Å². The number of aromatic nitrogens is 3. The highest BCUT2D eigenvalue weighted by atomic mass is 15.3. The maximum atomic E-state index is 4.26. The molecule has 5 heteroatoms. The molecule has 0 saturated heterocycles. The second kappa shape index (κ2) is 4.00. The Morgan fingerprint density at radius 3 is 2.56 bits per heavy atom. The van der Waals surface area contributed by atoms with Crippen molar-refractivity contribution in [1.82, 2.24) is 15.4 Å². The molecular formula is C11H15N5. The topological polar surface area (TPSA) is 66.3 Å². The molecule has 1 N–H and O–H groups in total. The number of fused-ring (bicyclic) bond motifs is 1. The minimum Gasteiger partial charge on any atom is -0.257 e. The van der Waals surface area contributed by atoms with Gasteiger partial charge in [0.1, 0.15) is 5.52 Å². The Kier molecular flexibility index (Phi) is 2.68. The van der Waals surface area contributed by atoms with Gasteiger partial charge in [0.25, 0.3) is 0 Å². The summed E-state index contributed by atoms with van der Waals surface area (Å²) in [6.45, 7) is 8.75. The van der Waals surface area contributed by atoms with Crippen LogP contribution in [-0.4, -0.2) is 22.0 Å². The van der Waals surface area contributed by atoms with Gasteiger partial charge in [-0.05, 0) is 38.8 Å². The van der Waals surface area contributed by atoms with Crippen LogP contribution in [0.25, 0.3) is 11.0 Å². The Hall–Kier alpha value is -1.78. The van der Waals surface area contributed by atoms with Crippen LogP contribution in [-0.2, 0) is 0 Å². The maximum absolute atomic E-state index is 4.26. The Morgan fingerprint density at radius 2 is 1.88 bits per heavy atom. The van der Waals surface area contributed by atoms with Crippen molar-refractivity contribution in [1.29, 1.82) is 0 Å². The van der Waals surface area contributed by atoms with Crippen molar-refractivity contribution in [3.8, 4) is 0 Å². The number of nitrogens with one attached hydrogen (secondary N) is 1. The molecule has 0 saturated carbocycles. The Morgan fingerprint density at radius 1 is 1.12 bits per heavy atom. The van der Waals surface area contributed by atoms with E-state index in [4.69, 9.17) is 0 Å². The van der Waals surface area contributed by atoms with Gasteiger partial charge >= 0.3 is 0 Å². The van der Waals surface area contributed by atoms with Gasteiger partial charge in [-0.2, -0.15) is 10.2 Å². The summed E-state index contributed by atoms with van der Waals surface area (Å²) < 4.78 is 0. The summed E-state index contributed by atoms with van der Waals surface area (Å²) in [5.74, 6) is 0. The summed E-state index contributed by atoms with van der Waals surface area (Å²) in [4.78, 5) is 0. The first-order chi connectivity index (χ1) is 7.66. The van der Waals surface area contributed by atoms with Gasteiger partial charge in [-0.3, -0.25) is 5.10 Å². The highest BCUT2D eigenvalue weighted by Gasteiger charge is 2.13. The van der Waals surface area contributed by atoms with Crippen LogP contribution in [0.1, 0.15) is 23.6 Å². The van der Waals surface area contributed by atoms with Crippen LogP contribution in [0.5, 0.6) is 0 Å². The highest BCUT2D eigenvalue weighted by molar-refractivity contribution is 5.87. The monoisotopic (exact) mass is 217 g/mol. The van der Waals surface area contributed by atoms with E-state index in [2.05, 4.69) is 25.6 Å². The average molecular weight is 217 g/mol. The van der Waals surface area contributed by atoms with Crippen LogP contribution in [0.3, 0.4) is 0 Å². The van der Waals surface area contributed by atoms with E-state index >= 15 is 0 Å². The maximum Gasteiger partial charge on any atom is 0.118 e. The normalized spacial score (nSPS) is 11.8. The zero-order chi connectivity index (χ0) is 11.7. The van der Waals surface area contributed by atoms with Crippen LogP contribution in [0.4, 0.5) is 5.69 Å². The third kappa shape index (κ3) is 1.48. The van der Waals surface area contributed by atoms with E-state index in [1.165, 1.54) is 0 Å². The number of aromatic amines is 1. The number of hydrogen-bond donors (Lipinski definition) is 1. The molecule has 0 spiro atoms. The van der Waals surface area contributed by atoms with Crippen molar-refractivity contribution in [3.05, 3.63) is 16.7 Å². The highest BCUT2D eigenvalue weighted by Crippen LogP contribution is 2.32. The lowest BCUT2D eigenvalue weighted by molar-refractivity contribution is 0.957. The summed E-state index contributed by atoms with van der Waals surface area (Å²) in [5, 5.41) is 19.2. The number of rotatable bonds is 2. The Balaban J connectivity index is 2.77. The number of azo groups is 1. The molecule has 0 atom stereocenters. The van der Waals surface area contributed by atoms with Crippen LogP contribution in [0.2, 0.25) is 0 Å². The number of hydrogen-bond acceptors (Lipinski definition) is 4. The molecule has 1 heterocycles. The number of H-pyrrole nitrogens is 1. The largest absolute Gasteiger partial charge is 0.257 e. The fourth-order valence-electron chi connectivity index (χ4n) is 1.80. The van der Waals surface area contributed by atoms with Gasteiger partial charge < -0.3 is 0 Å². The molecule has 0 radical (unpaired) electrons.